The van der Waals surface area contributed by atoms with Crippen LogP contribution in [-0.2, 0) is 16.9 Å². The molecule has 24 heavy (non-hydrogen) atoms. The lowest BCUT2D eigenvalue weighted by molar-refractivity contribution is -0.0369. The fourth-order valence-corrected chi connectivity index (χ4v) is 4.12. The monoisotopic (exact) mass is 342 g/mol. The Hall–Kier alpha value is -2.34. The summed E-state index contributed by atoms with van der Waals surface area (Å²) in [6, 6.07) is 11.5. The summed E-state index contributed by atoms with van der Waals surface area (Å²) in [7, 11) is 0. The second-order valence-corrected chi connectivity index (χ2v) is 7.19. The molecule has 2 aliphatic heterocycles. The topological polar surface area (TPSA) is 58.6 Å². The van der Waals surface area contributed by atoms with Gasteiger partial charge in [-0.15, -0.1) is 11.3 Å². The summed E-state index contributed by atoms with van der Waals surface area (Å²) in [4.78, 5) is 27.3. The number of ether oxygens (including phenoxy) is 1. The molecule has 2 amide bonds. The maximum Gasteiger partial charge on any atom is 0.339 e. The summed E-state index contributed by atoms with van der Waals surface area (Å²) in [6.45, 7) is 1.71. The zero-order valence-electron chi connectivity index (χ0n) is 13.2. The first-order chi connectivity index (χ1) is 11.7. The molecule has 1 saturated heterocycles. The number of nitrogens with one attached hydrogen (secondary N) is 1. The highest BCUT2D eigenvalue weighted by atomic mass is 32.1. The van der Waals surface area contributed by atoms with E-state index in [9.17, 15) is 9.59 Å². The van der Waals surface area contributed by atoms with Crippen molar-refractivity contribution < 1.29 is 14.3 Å². The molecule has 0 aliphatic carbocycles. The van der Waals surface area contributed by atoms with Crippen LogP contribution in [-0.4, -0.2) is 30.0 Å². The molecule has 4 rings (SSSR count). The van der Waals surface area contributed by atoms with Crippen LogP contribution in [0, 0.1) is 0 Å². The predicted molar refractivity (Wildman–Crippen MR) is 90.9 cm³/mol. The second kappa shape index (κ2) is 5.94. The molecule has 0 saturated carbocycles. The fourth-order valence-electron chi connectivity index (χ4n) is 3.48. The lowest BCUT2D eigenvalue weighted by Gasteiger charge is -2.38. The van der Waals surface area contributed by atoms with E-state index < -0.39 is 5.60 Å². The third-order valence-electron chi connectivity index (χ3n) is 4.78. The van der Waals surface area contributed by atoms with Crippen molar-refractivity contribution in [1.82, 2.24) is 10.2 Å². The minimum absolute atomic E-state index is 0.0594. The molecule has 1 N–H and O–H groups in total. The summed E-state index contributed by atoms with van der Waals surface area (Å²) >= 11 is 1.63. The molecule has 0 atom stereocenters. The number of fused-ring (bicyclic) bond motifs is 2. The minimum atomic E-state index is -0.557. The zero-order valence-corrected chi connectivity index (χ0v) is 14.0. The number of nitrogens with zero attached hydrogens (tertiary/aromatic N) is 1. The molecular weight excluding hydrogens is 324 g/mol. The summed E-state index contributed by atoms with van der Waals surface area (Å²) in [5, 5.41) is 4.95. The molecule has 5 nitrogen and oxygen atoms in total. The van der Waals surface area contributed by atoms with Crippen molar-refractivity contribution in [2.75, 3.05) is 13.1 Å². The second-order valence-electron chi connectivity index (χ2n) is 6.15. The van der Waals surface area contributed by atoms with Gasteiger partial charge in [0, 0.05) is 36.4 Å². The van der Waals surface area contributed by atoms with E-state index in [1.54, 1.807) is 16.2 Å². The largest absolute Gasteiger partial charge is 0.450 e. The molecule has 2 aromatic rings. The third-order valence-corrected chi connectivity index (χ3v) is 5.65. The van der Waals surface area contributed by atoms with Crippen molar-refractivity contribution in [3.05, 3.63) is 57.8 Å². The summed E-state index contributed by atoms with van der Waals surface area (Å²) in [6.07, 6.45) is 1.28. The Morgan fingerprint density at radius 2 is 2.00 bits per heavy atom. The minimum Gasteiger partial charge on any atom is -0.450 e. The van der Waals surface area contributed by atoms with Crippen LogP contribution < -0.4 is 5.32 Å². The Kier molecular flexibility index (Phi) is 3.76. The van der Waals surface area contributed by atoms with E-state index in [0.29, 0.717) is 38.0 Å². The summed E-state index contributed by atoms with van der Waals surface area (Å²) in [5.41, 5.74) is 1.07. The van der Waals surface area contributed by atoms with Crippen LogP contribution in [0.25, 0.3) is 0 Å². The molecule has 124 valence electrons. The van der Waals surface area contributed by atoms with E-state index in [0.717, 1.165) is 10.4 Å². The number of amides is 2. The SMILES string of the molecule is O=C1OC2(CCN(C(=O)NCc3cccs3)CC2)c2ccccc21. The van der Waals surface area contributed by atoms with Crippen LogP contribution in [0.1, 0.15) is 33.6 Å². The maximum absolute atomic E-state index is 12.3. The zero-order chi connectivity index (χ0) is 16.6. The van der Waals surface area contributed by atoms with Gasteiger partial charge in [-0.2, -0.15) is 0 Å². The Labute approximate surface area is 144 Å². The van der Waals surface area contributed by atoms with E-state index in [-0.39, 0.29) is 12.0 Å². The number of urea groups is 1. The summed E-state index contributed by atoms with van der Waals surface area (Å²) in [5.74, 6) is -0.249. The quantitative estimate of drug-likeness (QED) is 0.853. The van der Waals surface area contributed by atoms with Crippen molar-refractivity contribution in [3.8, 4) is 0 Å². The highest BCUT2D eigenvalue weighted by molar-refractivity contribution is 7.09. The highest BCUT2D eigenvalue weighted by Gasteiger charge is 2.47. The van der Waals surface area contributed by atoms with Crippen molar-refractivity contribution in [3.63, 3.8) is 0 Å². The number of piperidine rings is 1. The fraction of sp³-hybridized carbons (Fsp3) is 0.333. The standard InChI is InChI=1S/C18H18N2O3S/c21-16-14-5-1-2-6-15(14)18(23-16)7-9-20(10-8-18)17(22)19-12-13-4-3-11-24-13/h1-6,11H,7-10,12H2,(H,19,22). The first kappa shape index (κ1) is 15.2. The molecule has 0 unspecified atom stereocenters. The van der Waals surface area contributed by atoms with Crippen LogP contribution in [0.4, 0.5) is 4.79 Å². The normalized spacial score (nSPS) is 18.3. The van der Waals surface area contributed by atoms with Crippen LogP contribution in [0.3, 0.4) is 0 Å². The Morgan fingerprint density at radius 3 is 2.75 bits per heavy atom. The number of benzene rings is 1. The predicted octanol–water partition coefficient (Wildman–Crippen LogP) is 3.12. The lowest BCUT2D eigenvalue weighted by Crippen LogP contribution is -2.48. The molecule has 0 radical (unpaired) electrons. The van der Waals surface area contributed by atoms with Gasteiger partial charge in [0.25, 0.3) is 0 Å². The number of thiophene rings is 1. The van der Waals surface area contributed by atoms with Gasteiger partial charge in [-0.25, -0.2) is 9.59 Å². The highest BCUT2D eigenvalue weighted by Crippen LogP contribution is 2.43. The molecule has 6 heteroatoms. The number of carbonyl (C=O) groups excluding carboxylic acids is 2. The molecule has 1 fully saturated rings. The van der Waals surface area contributed by atoms with Gasteiger partial charge in [-0.3, -0.25) is 0 Å². The van der Waals surface area contributed by atoms with Crippen LogP contribution in [0.2, 0.25) is 0 Å². The van der Waals surface area contributed by atoms with Gasteiger partial charge in [0.15, 0.2) is 0 Å². The molecule has 1 spiro atoms. The van der Waals surface area contributed by atoms with E-state index in [2.05, 4.69) is 5.32 Å². The molecule has 3 heterocycles. The Balaban J connectivity index is 1.40. The number of hydrogen-bond acceptors (Lipinski definition) is 4. The molecule has 0 bridgehead atoms. The van der Waals surface area contributed by atoms with Gasteiger partial charge >= 0.3 is 12.0 Å². The van der Waals surface area contributed by atoms with Crippen molar-refractivity contribution >= 4 is 23.3 Å². The lowest BCUT2D eigenvalue weighted by atomic mass is 9.84. The smallest absolute Gasteiger partial charge is 0.339 e. The van der Waals surface area contributed by atoms with Crippen molar-refractivity contribution in [2.24, 2.45) is 0 Å². The van der Waals surface area contributed by atoms with Gasteiger partial charge in [0.2, 0.25) is 0 Å². The average Bonchev–Trinajstić information content (AvgIpc) is 3.22. The first-order valence-corrected chi connectivity index (χ1v) is 8.94. The van der Waals surface area contributed by atoms with Gasteiger partial charge in [-0.05, 0) is 17.5 Å². The van der Waals surface area contributed by atoms with Crippen LogP contribution in [0.5, 0.6) is 0 Å². The van der Waals surface area contributed by atoms with Gasteiger partial charge < -0.3 is 15.0 Å². The number of esters is 1. The third kappa shape index (κ3) is 2.57. The van der Waals surface area contributed by atoms with Crippen LogP contribution in [0.15, 0.2) is 41.8 Å². The van der Waals surface area contributed by atoms with Crippen LogP contribution >= 0.6 is 11.3 Å². The number of carbonyl (C=O) groups is 2. The van der Waals surface area contributed by atoms with E-state index in [4.69, 9.17) is 4.74 Å². The van der Waals surface area contributed by atoms with Gasteiger partial charge in [0.05, 0.1) is 12.1 Å². The maximum atomic E-state index is 12.3. The number of rotatable bonds is 2. The number of hydrogen-bond donors (Lipinski definition) is 1. The molecule has 2 aliphatic rings. The Morgan fingerprint density at radius 1 is 1.21 bits per heavy atom. The van der Waals surface area contributed by atoms with E-state index in [1.807, 2.05) is 41.8 Å². The van der Waals surface area contributed by atoms with Crippen molar-refractivity contribution in [2.45, 2.75) is 25.0 Å². The Bertz CT molecular complexity index is 764. The van der Waals surface area contributed by atoms with Gasteiger partial charge in [0.1, 0.15) is 5.60 Å². The van der Waals surface area contributed by atoms with Crippen molar-refractivity contribution in [1.29, 1.82) is 0 Å². The molecular formula is C18H18N2O3S. The van der Waals surface area contributed by atoms with E-state index >= 15 is 0 Å². The summed E-state index contributed by atoms with van der Waals surface area (Å²) < 4.78 is 5.71. The van der Waals surface area contributed by atoms with E-state index in [1.165, 1.54) is 0 Å². The first-order valence-electron chi connectivity index (χ1n) is 8.06. The molecule has 1 aromatic heterocycles. The average molecular weight is 342 g/mol. The molecule has 1 aromatic carbocycles. The van der Waals surface area contributed by atoms with Gasteiger partial charge in [-0.1, -0.05) is 24.3 Å². The number of likely N-dealkylation sites (tertiary alicyclic amines) is 1.